The molecule has 84 valence electrons. The smallest absolute Gasteiger partial charge is 0.254 e. The molecule has 2 rings (SSSR count). The van der Waals surface area contributed by atoms with E-state index in [1.165, 1.54) is 4.90 Å². The Morgan fingerprint density at radius 2 is 2.38 bits per heavy atom. The number of benzene rings is 1. The third-order valence-electron chi connectivity index (χ3n) is 2.37. The highest BCUT2D eigenvalue weighted by Gasteiger charge is 2.18. The summed E-state index contributed by atoms with van der Waals surface area (Å²) < 4.78 is 0. The van der Waals surface area contributed by atoms with Gasteiger partial charge in [-0.05, 0) is 12.1 Å². The van der Waals surface area contributed by atoms with Crippen LogP contribution in [0.25, 0.3) is 0 Å². The predicted molar refractivity (Wildman–Crippen MR) is 54.9 cm³/mol. The molecule has 0 N–H and O–H groups in total. The fourth-order valence-electron chi connectivity index (χ4n) is 1.46. The Kier molecular flexibility index (Phi) is 2.87. The van der Waals surface area contributed by atoms with Crippen LogP contribution in [-0.4, -0.2) is 30.7 Å². The third kappa shape index (κ3) is 1.90. The lowest BCUT2D eigenvalue weighted by Gasteiger charge is -2.13. The van der Waals surface area contributed by atoms with Crippen molar-refractivity contribution in [2.45, 2.75) is 6.61 Å². The molecule has 0 unspecified atom stereocenters. The lowest BCUT2D eigenvalue weighted by Crippen LogP contribution is -2.28. The van der Waals surface area contributed by atoms with E-state index in [0.717, 1.165) is 5.56 Å². The first-order valence-electron chi connectivity index (χ1n) is 4.84. The maximum absolute atomic E-state index is 11.8. The average Bonchev–Trinajstić information content (AvgIpc) is 2.75. The Morgan fingerprint density at radius 1 is 1.56 bits per heavy atom. The molecule has 0 fully saturated rings. The van der Waals surface area contributed by atoms with Crippen LogP contribution < -0.4 is 4.89 Å². The van der Waals surface area contributed by atoms with Gasteiger partial charge in [0.1, 0.15) is 12.9 Å². The van der Waals surface area contributed by atoms with Crippen molar-refractivity contribution in [3.63, 3.8) is 0 Å². The second-order valence-electron chi connectivity index (χ2n) is 3.52. The van der Waals surface area contributed by atoms with E-state index >= 15 is 0 Å². The van der Waals surface area contributed by atoms with Gasteiger partial charge in [0.05, 0.1) is 6.54 Å². The van der Waals surface area contributed by atoms with E-state index in [-0.39, 0.29) is 12.5 Å². The molecule has 0 radical (unpaired) electrons. The Balaban J connectivity index is 2.21. The van der Waals surface area contributed by atoms with Crippen LogP contribution in [0, 0.1) is 0 Å². The SMILES string of the molecule is CN(CC=O)C(=O)c1ccc2c(c1)OOC2. The number of likely N-dealkylation sites (N-methyl/N-ethyl adjacent to an activating group) is 1. The number of carbonyl (C=O) groups excluding carboxylic acids is 2. The minimum absolute atomic E-state index is 0.0767. The number of carbonyl (C=O) groups is 2. The van der Waals surface area contributed by atoms with E-state index in [1.807, 2.05) is 0 Å². The van der Waals surface area contributed by atoms with Gasteiger partial charge < -0.3 is 14.6 Å². The number of rotatable bonds is 3. The Morgan fingerprint density at radius 3 is 3.12 bits per heavy atom. The first-order chi connectivity index (χ1) is 7.72. The number of nitrogens with zero attached hydrogens (tertiary/aromatic N) is 1. The van der Waals surface area contributed by atoms with Gasteiger partial charge >= 0.3 is 0 Å². The molecular weight excluding hydrogens is 210 g/mol. The number of hydrogen-bond donors (Lipinski definition) is 0. The summed E-state index contributed by atoms with van der Waals surface area (Å²) in [6.45, 7) is 0.473. The van der Waals surface area contributed by atoms with E-state index < -0.39 is 0 Å². The lowest BCUT2D eigenvalue weighted by molar-refractivity contribution is -0.194. The van der Waals surface area contributed by atoms with Crippen LogP contribution in [0.3, 0.4) is 0 Å². The number of amides is 1. The van der Waals surface area contributed by atoms with Crippen molar-refractivity contribution in [1.29, 1.82) is 0 Å². The van der Waals surface area contributed by atoms with Crippen molar-refractivity contribution in [2.75, 3.05) is 13.6 Å². The molecular formula is C11H11NO4. The van der Waals surface area contributed by atoms with Crippen molar-refractivity contribution in [2.24, 2.45) is 0 Å². The highest BCUT2D eigenvalue weighted by Crippen LogP contribution is 2.27. The molecule has 0 spiro atoms. The fourth-order valence-corrected chi connectivity index (χ4v) is 1.46. The standard InChI is InChI=1S/C11H11NO4/c1-12(4-5-13)11(14)8-2-3-9-7-15-16-10(9)6-8/h2-3,5-6H,4,7H2,1H3. The lowest BCUT2D eigenvalue weighted by atomic mass is 10.1. The van der Waals surface area contributed by atoms with Crippen molar-refractivity contribution < 1.29 is 19.4 Å². The Bertz CT molecular complexity index is 430. The van der Waals surface area contributed by atoms with Gasteiger partial charge in [0.15, 0.2) is 5.75 Å². The van der Waals surface area contributed by atoms with Crippen molar-refractivity contribution >= 4 is 12.2 Å². The monoisotopic (exact) mass is 221 g/mol. The zero-order chi connectivity index (χ0) is 11.5. The molecule has 1 heterocycles. The van der Waals surface area contributed by atoms with Crippen molar-refractivity contribution in [3.8, 4) is 5.75 Å². The summed E-state index contributed by atoms with van der Waals surface area (Å²) in [5.74, 6) is 0.343. The molecule has 0 atom stereocenters. The highest BCUT2D eigenvalue weighted by molar-refractivity contribution is 5.95. The van der Waals surface area contributed by atoms with E-state index in [1.54, 1.807) is 25.2 Å². The second kappa shape index (κ2) is 4.32. The normalized spacial score (nSPS) is 12.8. The summed E-state index contributed by atoms with van der Waals surface area (Å²) in [6.07, 6.45) is 0.685. The van der Waals surface area contributed by atoms with E-state index in [4.69, 9.17) is 9.78 Å². The Labute approximate surface area is 92.5 Å². The summed E-state index contributed by atoms with van der Waals surface area (Å²) >= 11 is 0. The minimum Gasteiger partial charge on any atom is -0.337 e. The number of aldehydes is 1. The highest BCUT2D eigenvalue weighted by atomic mass is 17.2. The summed E-state index contributed by atoms with van der Waals surface area (Å²) in [7, 11) is 1.57. The minimum atomic E-state index is -0.217. The van der Waals surface area contributed by atoms with Crippen LogP contribution in [0.5, 0.6) is 5.75 Å². The molecule has 1 amide bonds. The first kappa shape index (κ1) is 10.6. The van der Waals surface area contributed by atoms with Gasteiger partial charge in [-0.3, -0.25) is 4.79 Å². The van der Waals surface area contributed by atoms with Gasteiger partial charge in [-0.25, -0.2) is 0 Å². The van der Waals surface area contributed by atoms with E-state index in [2.05, 4.69) is 0 Å². The Hall–Kier alpha value is -1.88. The molecule has 1 aromatic carbocycles. The van der Waals surface area contributed by atoms with Gasteiger partial charge in [0, 0.05) is 18.2 Å². The number of fused-ring (bicyclic) bond motifs is 1. The van der Waals surface area contributed by atoms with Gasteiger partial charge in [0.2, 0.25) is 0 Å². The van der Waals surface area contributed by atoms with Crippen LogP contribution in [0.2, 0.25) is 0 Å². The van der Waals surface area contributed by atoms with Crippen LogP contribution in [-0.2, 0) is 16.3 Å². The molecule has 0 aliphatic carbocycles. The molecule has 1 aliphatic heterocycles. The van der Waals surface area contributed by atoms with Gasteiger partial charge in [-0.1, -0.05) is 6.07 Å². The van der Waals surface area contributed by atoms with Crippen LogP contribution >= 0.6 is 0 Å². The summed E-state index contributed by atoms with van der Waals surface area (Å²) in [5.41, 5.74) is 1.39. The van der Waals surface area contributed by atoms with E-state index in [9.17, 15) is 9.59 Å². The zero-order valence-electron chi connectivity index (χ0n) is 8.80. The number of hydrogen-bond acceptors (Lipinski definition) is 4. The van der Waals surface area contributed by atoms with Crippen LogP contribution in [0.1, 0.15) is 15.9 Å². The molecule has 1 aromatic rings. The maximum Gasteiger partial charge on any atom is 0.254 e. The predicted octanol–water partition coefficient (Wildman–Crippen LogP) is 0.781. The zero-order valence-corrected chi connectivity index (χ0v) is 8.80. The maximum atomic E-state index is 11.8. The van der Waals surface area contributed by atoms with Crippen molar-refractivity contribution in [3.05, 3.63) is 29.3 Å². The molecule has 5 heteroatoms. The van der Waals surface area contributed by atoms with E-state index in [0.29, 0.717) is 24.2 Å². The van der Waals surface area contributed by atoms with Gasteiger partial charge in [-0.15, -0.1) is 0 Å². The fraction of sp³-hybridized carbons (Fsp3) is 0.273. The third-order valence-corrected chi connectivity index (χ3v) is 2.37. The summed E-state index contributed by atoms with van der Waals surface area (Å²) in [4.78, 5) is 33.1. The average molecular weight is 221 g/mol. The molecule has 0 saturated carbocycles. The quantitative estimate of drug-likeness (QED) is 0.559. The topological polar surface area (TPSA) is 55.8 Å². The molecule has 0 aromatic heterocycles. The van der Waals surface area contributed by atoms with Crippen LogP contribution in [0.15, 0.2) is 18.2 Å². The van der Waals surface area contributed by atoms with Crippen LogP contribution in [0.4, 0.5) is 0 Å². The summed E-state index contributed by atoms with van der Waals surface area (Å²) in [6, 6.07) is 5.09. The molecule has 0 bridgehead atoms. The molecule has 1 aliphatic rings. The van der Waals surface area contributed by atoms with Gasteiger partial charge in [0.25, 0.3) is 5.91 Å². The second-order valence-corrected chi connectivity index (χ2v) is 3.52. The summed E-state index contributed by atoms with van der Waals surface area (Å²) in [5, 5.41) is 0. The largest absolute Gasteiger partial charge is 0.337 e. The molecule has 16 heavy (non-hydrogen) atoms. The molecule has 0 saturated heterocycles. The van der Waals surface area contributed by atoms with Crippen molar-refractivity contribution in [1.82, 2.24) is 4.90 Å². The first-order valence-corrected chi connectivity index (χ1v) is 4.84. The van der Waals surface area contributed by atoms with Gasteiger partial charge in [-0.2, -0.15) is 4.89 Å². The molecule has 5 nitrogen and oxygen atoms in total.